The van der Waals surface area contributed by atoms with Crippen molar-refractivity contribution in [2.24, 2.45) is 0 Å². The summed E-state index contributed by atoms with van der Waals surface area (Å²) in [5, 5.41) is 0. The normalized spacial score (nSPS) is 10.5. The van der Waals surface area contributed by atoms with Crippen LogP contribution in [0.15, 0.2) is 18.2 Å². The van der Waals surface area contributed by atoms with Gasteiger partial charge in [0.05, 0.1) is 14.2 Å². The summed E-state index contributed by atoms with van der Waals surface area (Å²) in [6.45, 7) is 3.58. The third kappa shape index (κ3) is 5.02. The van der Waals surface area contributed by atoms with E-state index in [9.17, 15) is 14.0 Å². The molecule has 1 amide bonds. The van der Waals surface area contributed by atoms with Gasteiger partial charge in [-0.3, -0.25) is 9.59 Å². The van der Waals surface area contributed by atoms with Gasteiger partial charge in [-0.2, -0.15) is 0 Å². The molecule has 0 N–H and O–H groups in total. The van der Waals surface area contributed by atoms with Crippen molar-refractivity contribution in [2.75, 3.05) is 20.8 Å². The van der Waals surface area contributed by atoms with Crippen LogP contribution in [0.4, 0.5) is 4.39 Å². The molecule has 0 heterocycles. The van der Waals surface area contributed by atoms with Crippen LogP contribution in [0.25, 0.3) is 0 Å². The number of ether oxygens (including phenoxy) is 2. The van der Waals surface area contributed by atoms with Crippen molar-refractivity contribution < 1.29 is 23.5 Å². The summed E-state index contributed by atoms with van der Waals surface area (Å²) in [6, 6.07) is 4.49. The maximum absolute atomic E-state index is 13.6. The lowest BCUT2D eigenvalue weighted by molar-refractivity contribution is -0.148. The van der Waals surface area contributed by atoms with Crippen LogP contribution < -0.4 is 4.74 Å². The van der Waals surface area contributed by atoms with Crippen LogP contribution in [0.3, 0.4) is 0 Å². The maximum Gasteiger partial charge on any atom is 0.325 e. The lowest BCUT2D eigenvalue weighted by atomic mass is 10.1. The molecule has 0 bridgehead atoms. The highest BCUT2D eigenvalue weighted by Gasteiger charge is 2.20. The van der Waals surface area contributed by atoms with Crippen molar-refractivity contribution in [1.29, 1.82) is 0 Å². The number of nitrogens with zero attached hydrogens (tertiary/aromatic N) is 1. The van der Waals surface area contributed by atoms with Gasteiger partial charge in [0.1, 0.15) is 6.54 Å². The molecule has 1 rings (SSSR count). The Morgan fingerprint density at radius 1 is 1.27 bits per heavy atom. The zero-order valence-electron chi connectivity index (χ0n) is 13.4. The topological polar surface area (TPSA) is 55.8 Å². The first-order chi connectivity index (χ1) is 10.4. The Hall–Kier alpha value is -2.11. The van der Waals surface area contributed by atoms with E-state index in [1.807, 2.05) is 13.8 Å². The van der Waals surface area contributed by atoms with Crippen LogP contribution in [0.1, 0.15) is 25.8 Å². The summed E-state index contributed by atoms with van der Waals surface area (Å²) in [5.74, 6) is -0.915. The van der Waals surface area contributed by atoms with Gasteiger partial charge in [0, 0.05) is 12.5 Å². The van der Waals surface area contributed by atoms with Gasteiger partial charge >= 0.3 is 5.97 Å². The molecule has 6 heteroatoms. The predicted octanol–water partition coefficient (Wildman–Crippen LogP) is 2.18. The number of aryl methyl sites for hydroxylation is 1. The predicted molar refractivity (Wildman–Crippen MR) is 80.1 cm³/mol. The van der Waals surface area contributed by atoms with Gasteiger partial charge < -0.3 is 14.4 Å². The highest BCUT2D eigenvalue weighted by Crippen LogP contribution is 2.18. The van der Waals surface area contributed by atoms with Crippen LogP contribution >= 0.6 is 0 Å². The minimum atomic E-state index is -0.461. The third-order valence-electron chi connectivity index (χ3n) is 3.31. The molecule has 1 aromatic carbocycles. The number of esters is 1. The summed E-state index contributed by atoms with van der Waals surface area (Å²) in [4.78, 5) is 25.0. The minimum absolute atomic E-state index is 0.0794. The summed E-state index contributed by atoms with van der Waals surface area (Å²) < 4.78 is 23.0. The number of carbonyl (C=O) groups is 2. The summed E-state index contributed by atoms with van der Waals surface area (Å²) >= 11 is 0. The zero-order chi connectivity index (χ0) is 16.7. The van der Waals surface area contributed by atoms with Gasteiger partial charge in [-0.05, 0) is 38.0 Å². The van der Waals surface area contributed by atoms with Gasteiger partial charge in [0.15, 0.2) is 11.6 Å². The molecule has 0 aliphatic heterocycles. The molecule has 0 aliphatic rings. The van der Waals surface area contributed by atoms with Crippen molar-refractivity contribution in [2.45, 2.75) is 32.7 Å². The zero-order valence-corrected chi connectivity index (χ0v) is 13.4. The Bertz CT molecular complexity index is 531. The second kappa shape index (κ2) is 8.36. The molecule has 0 radical (unpaired) electrons. The van der Waals surface area contributed by atoms with E-state index in [4.69, 9.17) is 4.74 Å². The average molecular weight is 311 g/mol. The van der Waals surface area contributed by atoms with Gasteiger partial charge in [-0.25, -0.2) is 4.39 Å². The van der Waals surface area contributed by atoms with E-state index in [0.717, 1.165) is 0 Å². The highest BCUT2D eigenvalue weighted by molar-refractivity contribution is 5.82. The second-order valence-electron chi connectivity index (χ2n) is 5.16. The van der Waals surface area contributed by atoms with Crippen LogP contribution in [-0.2, 0) is 20.7 Å². The van der Waals surface area contributed by atoms with Crippen molar-refractivity contribution in [3.63, 3.8) is 0 Å². The quantitative estimate of drug-likeness (QED) is 0.724. The number of rotatable bonds is 7. The van der Waals surface area contributed by atoms with E-state index in [2.05, 4.69) is 4.74 Å². The van der Waals surface area contributed by atoms with E-state index in [0.29, 0.717) is 12.0 Å². The SMILES string of the molecule is COC(=O)CN(C(=O)CCc1ccc(OC)c(F)c1)C(C)C. The van der Waals surface area contributed by atoms with E-state index in [1.165, 1.54) is 31.3 Å². The Morgan fingerprint density at radius 3 is 2.45 bits per heavy atom. The molecule has 0 aromatic heterocycles. The van der Waals surface area contributed by atoms with Gasteiger partial charge in [0.25, 0.3) is 0 Å². The molecule has 122 valence electrons. The van der Waals surface area contributed by atoms with Gasteiger partial charge in [-0.1, -0.05) is 6.07 Å². The molecular weight excluding hydrogens is 289 g/mol. The van der Waals surface area contributed by atoms with Crippen molar-refractivity contribution >= 4 is 11.9 Å². The molecule has 0 aliphatic carbocycles. The number of carbonyl (C=O) groups excluding carboxylic acids is 2. The lowest BCUT2D eigenvalue weighted by Crippen LogP contribution is -2.41. The molecular formula is C16H22FNO4. The summed E-state index contributed by atoms with van der Waals surface area (Å²) in [6.07, 6.45) is 0.588. The number of halogens is 1. The number of hydrogen-bond donors (Lipinski definition) is 0. The minimum Gasteiger partial charge on any atom is -0.494 e. The van der Waals surface area contributed by atoms with Crippen LogP contribution in [0, 0.1) is 5.82 Å². The van der Waals surface area contributed by atoms with E-state index in [1.54, 1.807) is 6.07 Å². The second-order valence-corrected chi connectivity index (χ2v) is 5.16. The standard InChI is InChI=1S/C16H22FNO4/c1-11(2)18(10-16(20)22-4)15(19)8-6-12-5-7-14(21-3)13(17)9-12/h5,7,9,11H,6,8,10H2,1-4H3. The number of benzene rings is 1. The molecule has 0 saturated heterocycles. The van der Waals surface area contributed by atoms with E-state index >= 15 is 0 Å². The summed E-state index contributed by atoms with van der Waals surface area (Å²) in [5.41, 5.74) is 0.702. The van der Waals surface area contributed by atoms with Gasteiger partial charge in [-0.15, -0.1) is 0 Å². The number of methoxy groups -OCH3 is 2. The first kappa shape index (κ1) is 17.9. The van der Waals surface area contributed by atoms with Crippen LogP contribution in [0.5, 0.6) is 5.75 Å². The van der Waals surface area contributed by atoms with E-state index in [-0.39, 0.29) is 30.7 Å². The Morgan fingerprint density at radius 2 is 1.95 bits per heavy atom. The van der Waals surface area contributed by atoms with E-state index < -0.39 is 11.8 Å². The highest BCUT2D eigenvalue weighted by atomic mass is 19.1. The molecule has 0 unspecified atom stereocenters. The Labute approximate surface area is 130 Å². The average Bonchev–Trinajstić information content (AvgIpc) is 2.49. The smallest absolute Gasteiger partial charge is 0.325 e. The molecule has 0 atom stereocenters. The lowest BCUT2D eigenvalue weighted by Gasteiger charge is -2.25. The maximum atomic E-state index is 13.6. The molecule has 0 saturated carbocycles. The first-order valence-electron chi connectivity index (χ1n) is 7.07. The Kier molecular flexibility index (Phi) is 6.82. The molecule has 1 aromatic rings. The third-order valence-corrected chi connectivity index (χ3v) is 3.31. The van der Waals surface area contributed by atoms with Crippen molar-refractivity contribution in [3.8, 4) is 5.75 Å². The fourth-order valence-electron chi connectivity index (χ4n) is 2.02. The number of hydrogen-bond acceptors (Lipinski definition) is 4. The van der Waals surface area contributed by atoms with Crippen LogP contribution in [-0.4, -0.2) is 43.6 Å². The number of amides is 1. The fraction of sp³-hybridized carbons (Fsp3) is 0.500. The van der Waals surface area contributed by atoms with Gasteiger partial charge in [0.2, 0.25) is 5.91 Å². The first-order valence-corrected chi connectivity index (χ1v) is 7.07. The molecule has 22 heavy (non-hydrogen) atoms. The molecule has 0 spiro atoms. The van der Waals surface area contributed by atoms with Crippen LogP contribution in [0.2, 0.25) is 0 Å². The van der Waals surface area contributed by atoms with Crippen molar-refractivity contribution in [1.82, 2.24) is 4.90 Å². The monoisotopic (exact) mass is 311 g/mol. The largest absolute Gasteiger partial charge is 0.494 e. The van der Waals surface area contributed by atoms with Crippen molar-refractivity contribution in [3.05, 3.63) is 29.6 Å². The fourth-order valence-corrected chi connectivity index (χ4v) is 2.02. The summed E-state index contributed by atoms with van der Waals surface area (Å²) in [7, 11) is 2.68. The molecule has 5 nitrogen and oxygen atoms in total. The Balaban J connectivity index is 2.66. The molecule has 0 fully saturated rings.